The highest BCUT2D eigenvalue weighted by Crippen LogP contribution is 2.31. The van der Waals surface area contributed by atoms with Gasteiger partial charge in [0.1, 0.15) is 0 Å². The standard InChI is InChI=1S/C9H17N3O2/c1-9(2,14)6-4-3-5-7(6)11-12-8(10)13/h6,14H,3-5H2,1-2H3,(H3,10,12,13)/b11-7-/t6-/m1/s1. The van der Waals surface area contributed by atoms with Gasteiger partial charge in [0.2, 0.25) is 0 Å². The van der Waals surface area contributed by atoms with Crippen LogP contribution in [0.15, 0.2) is 5.10 Å². The first-order valence-electron chi connectivity index (χ1n) is 4.75. The third kappa shape index (κ3) is 2.70. The summed E-state index contributed by atoms with van der Waals surface area (Å²) in [7, 11) is 0. The molecule has 5 heteroatoms. The van der Waals surface area contributed by atoms with E-state index in [9.17, 15) is 9.90 Å². The number of nitrogens with one attached hydrogen (secondary N) is 1. The summed E-state index contributed by atoms with van der Waals surface area (Å²) in [6, 6.07) is -0.668. The van der Waals surface area contributed by atoms with Gasteiger partial charge in [-0.25, -0.2) is 10.2 Å². The largest absolute Gasteiger partial charge is 0.390 e. The molecule has 0 aromatic carbocycles. The zero-order chi connectivity index (χ0) is 10.8. The van der Waals surface area contributed by atoms with E-state index in [0.717, 1.165) is 25.0 Å². The van der Waals surface area contributed by atoms with Crippen molar-refractivity contribution in [2.45, 2.75) is 38.7 Å². The summed E-state index contributed by atoms with van der Waals surface area (Å²) in [6.07, 6.45) is 2.71. The van der Waals surface area contributed by atoms with Gasteiger partial charge >= 0.3 is 6.03 Å². The second kappa shape index (κ2) is 3.96. The molecule has 1 fully saturated rings. The zero-order valence-corrected chi connectivity index (χ0v) is 8.58. The highest BCUT2D eigenvalue weighted by atomic mass is 16.3. The van der Waals surface area contributed by atoms with Crippen LogP contribution in [0, 0.1) is 5.92 Å². The van der Waals surface area contributed by atoms with Gasteiger partial charge in [-0.2, -0.15) is 5.10 Å². The minimum atomic E-state index is -0.783. The van der Waals surface area contributed by atoms with Crippen molar-refractivity contribution in [3.8, 4) is 0 Å². The maximum absolute atomic E-state index is 10.5. The molecule has 2 amide bonds. The fourth-order valence-electron chi connectivity index (χ4n) is 1.85. The first-order valence-corrected chi connectivity index (χ1v) is 4.75. The monoisotopic (exact) mass is 199 g/mol. The van der Waals surface area contributed by atoms with Crippen molar-refractivity contribution in [2.75, 3.05) is 0 Å². The maximum atomic E-state index is 10.5. The van der Waals surface area contributed by atoms with Crippen LogP contribution >= 0.6 is 0 Å². The SMILES string of the molecule is CC(C)(O)[C@@H]1CCC/C1=N/NC(N)=O. The molecule has 80 valence electrons. The molecular weight excluding hydrogens is 182 g/mol. The van der Waals surface area contributed by atoms with Crippen molar-refractivity contribution < 1.29 is 9.90 Å². The average Bonchev–Trinajstić information content (AvgIpc) is 2.46. The first-order chi connectivity index (χ1) is 6.41. The Morgan fingerprint density at radius 3 is 2.86 bits per heavy atom. The Bertz CT molecular complexity index is 255. The maximum Gasteiger partial charge on any atom is 0.332 e. The van der Waals surface area contributed by atoms with E-state index in [1.165, 1.54) is 0 Å². The predicted octanol–water partition coefficient (Wildman–Crippen LogP) is 0.582. The summed E-state index contributed by atoms with van der Waals surface area (Å²) >= 11 is 0. The molecule has 0 radical (unpaired) electrons. The van der Waals surface area contributed by atoms with Gasteiger partial charge < -0.3 is 10.8 Å². The molecule has 0 saturated heterocycles. The number of hydrogen-bond acceptors (Lipinski definition) is 3. The van der Waals surface area contributed by atoms with E-state index in [-0.39, 0.29) is 5.92 Å². The Kier molecular flexibility index (Phi) is 3.10. The van der Waals surface area contributed by atoms with E-state index < -0.39 is 11.6 Å². The van der Waals surface area contributed by atoms with Crippen LogP contribution in [0.4, 0.5) is 4.79 Å². The highest BCUT2D eigenvalue weighted by molar-refractivity contribution is 5.90. The van der Waals surface area contributed by atoms with Crippen LogP contribution in [0.1, 0.15) is 33.1 Å². The van der Waals surface area contributed by atoms with E-state index in [2.05, 4.69) is 10.5 Å². The minimum absolute atomic E-state index is 0.0225. The minimum Gasteiger partial charge on any atom is -0.390 e. The Labute approximate surface area is 83.4 Å². The van der Waals surface area contributed by atoms with Crippen LogP contribution in [-0.4, -0.2) is 22.5 Å². The Morgan fingerprint density at radius 1 is 1.71 bits per heavy atom. The highest BCUT2D eigenvalue weighted by Gasteiger charge is 2.34. The van der Waals surface area contributed by atoms with Gasteiger partial charge in [0.05, 0.1) is 5.60 Å². The number of hydrazone groups is 1. The van der Waals surface area contributed by atoms with Gasteiger partial charge in [-0.05, 0) is 33.1 Å². The fraction of sp³-hybridized carbons (Fsp3) is 0.778. The predicted molar refractivity (Wildman–Crippen MR) is 53.8 cm³/mol. The number of nitrogens with two attached hydrogens (primary N) is 1. The Hall–Kier alpha value is -1.10. The topological polar surface area (TPSA) is 87.7 Å². The van der Waals surface area contributed by atoms with Crippen LogP contribution in [0.5, 0.6) is 0 Å². The first kappa shape index (κ1) is 11.0. The molecule has 1 saturated carbocycles. The zero-order valence-electron chi connectivity index (χ0n) is 8.58. The Morgan fingerprint density at radius 2 is 2.36 bits per heavy atom. The van der Waals surface area contributed by atoms with Crippen LogP contribution in [0.25, 0.3) is 0 Å². The number of nitrogens with zero attached hydrogens (tertiary/aromatic N) is 1. The lowest BCUT2D eigenvalue weighted by Crippen LogP contribution is -2.35. The second-order valence-corrected chi connectivity index (χ2v) is 4.18. The molecule has 1 atom stereocenters. The second-order valence-electron chi connectivity index (χ2n) is 4.18. The van der Waals surface area contributed by atoms with Crippen LogP contribution in [0.3, 0.4) is 0 Å². The number of rotatable bonds is 2. The van der Waals surface area contributed by atoms with E-state index >= 15 is 0 Å². The average molecular weight is 199 g/mol. The van der Waals surface area contributed by atoms with Crippen LogP contribution in [-0.2, 0) is 0 Å². The quantitative estimate of drug-likeness (QED) is 0.568. The van der Waals surface area contributed by atoms with Gasteiger partial charge in [0.15, 0.2) is 0 Å². The molecule has 0 aliphatic heterocycles. The number of amides is 2. The lowest BCUT2D eigenvalue weighted by molar-refractivity contribution is 0.0450. The number of aliphatic hydroxyl groups is 1. The van der Waals surface area contributed by atoms with Crippen LogP contribution in [0.2, 0.25) is 0 Å². The normalized spacial score (nSPS) is 25.4. The summed E-state index contributed by atoms with van der Waals surface area (Å²) in [6.45, 7) is 3.51. The van der Waals surface area contributed by atoms with Crippen molar-refractivity contribution >= 4 is 11.7 Å². The molecule has 1 aliphatic rings. The number of carbonyl (C=O) groups excluding carboxylic acids is 1. The number of urea groups is 1. The third-order valence-electron chi connectivity index (χ3n) is 2.49. The molecule has 0 spiro atoms. The number of primary amides is 1. The molecule has 0 aromatic rings. The lowest BCUT2D eigenvalue weighted by atomic mass is 9.89. The molecule has 0 aromatic heterocycles. The molecule has 1 rings (SSSR count). The van der Waals surface area contributed by atoms with Crippen molar-refractivity contribution in [1.82, 2.24) is 5.43 Å². The summed E-state index contributed by atoms with van der Waals surface area (Å²) in [5.41, 5.74) is 7.16. The molecule has 0 unspecified atom stereocenters. The lowest BCUT2D eigenvalue weighted by Gasteiger charge is -2.25. The van der Waals surface area contributed by atoms with Crippen molar-refractivity contribution in [3.63, 3.8) is 0 Å². The van der Waals surface area contributed by atoms with Gasteiger partial charge in [0, 0.05) is 11.6 Å². The van der Waals surface area contributed by atoms with E-state index in [0.29, 0.717) is 0 Å². The molecular formula is C9H17N3O2. The third-order valence-corrected chi connectivity index (χ3v) is 2.49. The number of hydrogen-bond donors (Lipinski definition) is 3. The van der Waals surface area contributed by atoms with Gasteiger partial charge in [-0.1, -0.05) is 0 Å². The Balaban J connectivity index is 2.68. The van der Waals surface area contributed by atoms with Crippen LogP contribution < -0.4 is 11.2 Å². The van der Waals surface area contributed by atoms with Gasteiger partial charge in [-0.15, -0.1) is 0 Å². The molecule has 5 nitrogen and oxygen atoms in total. The van der Waals surface area contributed by atoms with Gasteiger partial charge in [-0.3, -0.25) is 0 Å². The summed E-state index contributed by atoms with van der Waals surface area (Å²) in [5, 5.41) is 13.7. The molecule has 14 heavy (non-hydrogen) atoms. The van der Waals surface area contributed by atoms with E-state index in [1.54, 1.807) is 13.8 Å². The van der Waals surface area contributed by atoms with Gasteiger partial charge in [0.25, 0.3) is 0 Å². The van der Waals surface area contributed by atoms with Crippen molar-refractivity contribution in [1.29, 1.82) is 0 Å². The molecule has 0 bridgehead atoms. The molecule has 1 aliphatic carbocycles. The smallest absolute Gasteiger partial charge is 0.332 e. The number of carbonyl (C=O) groups is 1. The van der Waals surface area contributed by atoms with E-state index in [4.69, 9.17) is 5.73 Å². The van der Waals surface area contributed by atoms with Crippen molar-refractivity contribution in [2.24, 2.45) is 16.8 Å². The summed E-state index contributed by atoms with van der Waals surface area (Å²) in [4.78, 5) is 10.5. The molecule has 4 N–H and O–H groups in total. The van der Waals surface area contributed by atoms with E-state index in [1.807, 2.05) is 0 Å². The summed E-state index contributed by atoms with van der Waals surface area (Å²) < 4.78 is 0. The summed E-state index contributed by atoms with van der Waals surface area (Å²) in [5.74, 6) is 0.0225. The molecule has 0 heterocycles. The van der Waals surface area contributed by atoms with Crippen molar-refractivity contribution in [3.05, 3.63) is 0 Å². The fourth-order valence-corrected chi connectivity index (χ4v) is 1.85.